The highest BCUT2D eigenvalue weighted by Crippen LogP contribution is 2.45. The van der Waals surface area contributed by atoms with Gasteiger partial charge in [0.1, 0.15) is 0 Å². The molecular formula is C25H18ClN5O2S. The Morgan fingerprint density at radius 2 is 1.47 bits per heavy atom. The predicted molar refractivity (Wildman–Crippen MR) is 135 cm³/mol. The van der Waals surface area contributed by atoms with Gasteiger partial charge >= 0.3 is 0 Å². The molecule has 3 aliphatic heterocycles. The molecule has 0 bridgehead atoms. The quantitative estimate of drug-likeness (QED) is 0.322. The molecule has 7 nitrogen and oxygen atoms in total. The number of benzene rings is 3. The van der Waals surface area contributed by atoms with E-state index >= 15 is 0 Å². The highest BCUT2D eigenvalue weighted by atomic mass is 35.5. The largest absolute Gasteiger partial charge is 0.351 e. The van der Waals surface area contributed by atoms with E-state index in [4.69, 9.17) is 23.8 Å². The molecule has 0 saturated carbocycles. The summed E-state index contributed by atoms with van der Waals surface area (Å²) in [5, 5.41) is 13.9. The maximum absolute atomic E-state index is 14.1. The number of rotatable bonds is 2. The number of anilines is 3. The number of carbonyl (C=O) groups is 2. The van der Waals surface area contributed by atoms with Gasteiger partial charge < -0.3 is 21.3 Å². The summed E-state index contributed by atoms with van der Waals surface area (Å²) in [5.41, 5.74) is 2.09. The Labute approximate surface area is 205 Å². The Morgan fingerprint density at radius 1 is 0.853 bits per heavy atom. The van der Waals surface area contributed by atoms with E-state index < -0.39 is 23.5 Å². The number of amides is 2. The fourth-order valence-electron chi connectivity index (χ4n) is 4.66. The number of nitrogens with one attached hydrogen (secondary N) is 4. The number of nitrogens with zero attached hydrogens (tertiary/aromatic N) is 1. The minimum Gasteiger partial charge on any atom is -0.351 e. The number of halogens is 1. The van der Waals surface area contributed by atoms with Crippen LogP contribution in [0.15, 0.2) is 90.1 Å². The zero-order valence-electron chi connectivity index (χ0n) is 17.6. The average molecular weight is 488 g/mol. The van der Waals surface area contributed by atoms with Crippen LogP contribution in [0.1, 0.15) is 11.6 Å². The van der Waals surface area contributed by atoms with Crippen LogP contribution in [-0.2, 0) is 9.59 Å². The lowest BCUT2D eigenvalue weighted by Crippen LogP contribution is -2.69. The molecule has 9 heteroatoms. The standard InChI is InChI=1S/C25H18ClN5O2S/c26-15-12-10-14(11-13-15)20-19-21(28-24(34)27-20)25(29-17-8-4-5-9-18(17)30-25)23(33)31(22(19)32)16-6-2-1-3-7-16/h1-13,20,29-30H,(H2,27,28,34). The maximum atomic E-state index is 14.1. The average Bonchev–Trinajstić information content (AvgIpc) is 3.24. The number of para-hydroxylation sites is 3. The summed E-state index contributed by atoms with van der Waals surface area (Å²) in [6.07, 6.45) is 0. The first kappa shape index (κ1) is 20.7. The molecule has 4 N–H and O–H groups in total. The summed E-state index contributed by atoms with van der Waals surface area (Å²) in [5.74, 6) is -0.885. The van der Waals surface area contributed by atoms with Crippen molar-refractivity contribution >= 4 is 57.8 Å². The number of hydrogen-bond donors (Lipinski definition) is 4. The topological polar surface area (TPSA) is 85.5 Å². The van der Waals surface area contributed by atoms with Crippen molar-refractivity contribution in [3.8, 4) is 0 Å². The van der Waals surface area contributed by atoms with Gasteiger partial charge in [-0.1, -0.05) is 54.1 Å². The van der Waals surface area contributed by atoms with E-state index in [1.807, 2.05) is 42.5 Å². The third-order valence-electron chi connectivity index (χ3n) is 6.19. The van der Waals surface area contributed by atoms with E-state index in [-0.39, 0.29) is 0 Å². The van der Waals surface area contributed by atoms with E-state index in [0.29, 0.717) is 27.1 Å². The molecule has 34 heavy (non-hydrogen) atoms. The molecule has 1 spiro atoms. The monoisotopic (exact) mass is 487 g/mol. The highest BCUT2D eigenvalue weighted by molar-refractivity contribution is 7.80. The van der Waals surface area contributed by atoms with Gasteiger partial charge in [0.15, 0.2) is 5.11 Å². The molecule has 1 unspecified atom stereocenters. The summed E-state index contributed by atoms with van der Waals surface area (Å²) in [7, 11) is 0. The molecule has 3 aromatic carbocycles. The maximum Gasteiger partial charge on any atom is 0.287 e. The molecule has 3 heterocycles. The summed E-state index contributed by atoms with van der Waals surface area (Å²) < 4.78 is 0. The molecule has 2 amide bonds. The third kappa shape index (κ3) is 2.99. The zero-order valence-corrected chi connectivity index (χ0v) is 19.2. The van der Waals surface area contributed by atoms with Gasteiger partial charge in [0.25, 0.3) is 11.8 Å². The van der Waals surface area contributed by atoms with Crippen LogP contribution in [0.4, 0.5) is 17.1 Å². The van der Waals surface area contributed by atoms with Crippen molar-refractivity contribution in [1.82, 2.24) is 10.6 Å². The lowest BCUT2D eigenvalue weighted by Gasteiger charge is -2.45. The van der Waals surface area contributed by atoms with Gasteiger partial charge in [0.05, 0.1) is 34.4 Å². The number of carbonyl (C=O) groups excluding carboxylic acids is 2. The van der Waals surface area contributed by atoms with Crippen LogP contribution in [0, 0.1) is 0 Å². The fraction of sp³-hybridized carbons (Fsp3) is 0.0800. The van der Waals surface area contributed by atoms with E-state index in [1.165, 1.54) is 4.90 Å². The SMILES string of the molecule is O=C1C2=C(NC(=S)NC2c2ccc(Cl)cc2)C2(Nc3ccccc3N2)C(=O)N1c1ccccc1. The second kappa shape index (κ2) is 7.58. The van der Waals surface area contributed by atoms with Gasteiger partial charge in [0, 0.05) is 5.02 Å². The van der Waals surface area contributed by atoms with Crippen LogP contribution < -0.4 is 26.2 Å². The van der Waals surface area contributed by atoms with Crippen molar-refractivity contribution in [2.24, 2.45) is 0 Å². The highest BCUT2D eigenvalue weighted by Gasteiger charge is 2.58. The molecule has 3 aromatic rings. The van der Waals surface area contributed by atoms with Crippen molar-refractivity contribution in [2.75, 3.05) is 15.5 Å². The molecule has 168 valence electrons. The van der Waals surface area contributed by atoms with Crippen LogP contribution in [0.2, 0.25) is 5.02 Å². The molecular weight excluding hydrogens is 470 g/mol. The fourth-order valence-corrected chi connectivity index (χ4v) is 5.01. The van der Waals surface area contributed by atoms with Crippen molar-refractivity contribution in [2.45, 2.75) is 11.7 Å². The van der Waals surface area contributed by atoms with E-state index in [2.05, 4.69) is 21.3 Å². The van der Waals surface area contributed by atoms with Crippen molar-refractivity contribution < 1.29 is 9.59 Å². The lowest BCUT2D eigenvalue weighted by molar-refractivity contribution is -0.127. The first-order chi connectivity index (χ1) is 16.5. The summed E-state index contributed by atoms with van der Waals surface area (Å²) in [4.78, 5) is 29.3. The summed E-state index contributed by atoms with van der Waals surface area (Å²) in [6.45, 7) is 0. The van der Waals surface area contributed by atoms with E-state index in [1.54, 1.807) is 36.4 Å². The zero-order chi connectivity index (χ0) is 23.4. The van der Waals surface area contributed by atoms with Crippen LogP contribution in [0.3, 0.4) is 0 Å². The van der Waals surface area contributed by atoms with Crippen LogP contribution >= 0.6 is 23.8 Å². The van der Waals surface area contributed by atoms with Gasteiger partial charge in [-0.25, -0.2) is 4.90 Å². The Morgan fingerprint density at radius 3 is 2.12 bits per heavy atom. The van der Waals surface area contributed by atoms with Crippen molar-refractivity contribution in [1.29, 1.82) is 0 Å². The Bertz CT molecular complexity index is 1360. The van der Waals surface area contributed by atoms with E-state index in [0.717, 1.165) is 16.9 Å². The first-order valence-electron chi connectivity index (χ1n) is 10.6. The van der Waals surface area contributed by atoms with Gasteiger partial charge in [-0.05, 0) is 54.2 Å². The molecule has 0 radical (unpaired) electrons. The van der Waals surface area contributed by atoms with Crippen LogP contribution in [-0.4, -0.2) is 22.6 Å². The summed E-state index contributed by atoms with van der Waals surface area (Å²) >= 11 is 11.6. The number of fused-ring (bicyclic) bond motifs is 2. The molecule has 6 rings (SSSR count). The molecule has 0 saturated heterocycles. The minimum absolute atomic E-state index is 0.311. The van der Waals surface area contributed by atoms with Gasteiger partial charge in [-0.2, -0.15) is 0 Å². The van der Waals surface area contributed by atoms with E-state index in [9.17, 15) is 9.59 Å². The second-order valence-corrected chi connectivity index (χ2v) is 9.04. The van der Waals surface area contributed by atoms with Crippen molar-refractivity contribution in [3.05, 3.63) is 101 Å². The predicted octanol–water partition coefficient (Wildman–Crippen LogP) is 3.92. The number of imide groups is 1. The van der Waals surface area contributed by atoms with Crippen LogP contribution in [0.5, 0.6) is 0 Å². The molecule has 0 aliphatic carbocycles. The Kier molecular flexibility index (Phi) is 4.62. The van der Waals surface area contributed by atoms with Gasteiger partial charge in [0.2, 0.25) is 5.66 Å². The number of hydrogen-bond acceptors (Lipinski definition) is 5. The number of thiocarbonyl (C=S) groups is 1. The Balaban J connectivity index is 1.59. The van der Waals surface area contributed by atoms with Gasteiger partial charge in [-0.3, -0.25) is 9.59 Å². The van der Waals surface area contributed by atoms with Crippen molar-refractivity contribution in [3.63, 3.8) is 0 Å². The molecule has 0 aromatic heterocycles. The summed E-state index contributed by atoms with van der Waals surface area (Å²) in [6, 6.07) is 23.0. The second-order valence-electron chi connectivity index (χ2n) is 8.20. The molecule has 3 aliphatic rings. The smallest absolute Gasteiger partial charge is 0.287 e. The lowest BCUT2D eigenvalue weighted by atomic mass is 9.85. The molecule has 1 atom stereocenters. The van der Waals surface area contributed by atoms with Gasteiger partial charge in [-0.15, -0.1) is 0 Å². The normalized spacial score (nSPS) is 20.2. The first-order valence-corrected chi connectivity index (χ1v) is 11.4. The minimum atomic E-state index is -1.44. The molecule has 0 fully saturated rings. The Hall–Kier alpha value is -3.88. The third-order valence-corrected chi connectivity index (χ3v) is 6.67. The van der Waals surface area contributed by atoms with Crippen LogP contribution in [0.25, 0.3) is 0 Å².